The lowest BCUT2D eigenvalue weighted by Crippen LogP contribution is -2.10. The molecule has 0 bridgehead atoms. The van der Waals surface area contributed by atoms with Crippen LogP contribution >= 0.6 is 0 Å². The lowest BCUT2D eigenvalue weighted by atomic mass is 9.94. The zero-order chi connectivity index (χ0) is 24.4. The summed E-state index contributed by atoms with van der Waals surface area (Å²) in [4.78, 5) is 12.9. The van der Waals surface area contributed by atoms with Crippen LogP contribution in [0, 0.1) is 20.8 Å². The number of benzene rings is 3. The van der Waals surface area contributed by atoms with Crippen molar-refractivity contribution in [2.24, 2.45) is 0 Å². The van der Waals surface area contributed by atoms with Gasteiger partial charge in [0.15, 0.2) is 0 Å². The van der Waals surface area contributed by atoms with Crippen LogP contribution in [0.5, 0.6) is 5.75 Å². The molecule has 1 amide bonds. The van der Waals surface area contributed by atoms with Crippen molar-refractivity contribution in [3.63, 3.8) is 0 Å². The number of furan rings is 1. The Morgan fingerprint density at radius 2 is 1.82 bits per heavy atom. The molecule has 0 atom stereocenters. The Morgan fingerprint density at radius 1 is 1.06 bits per heavy atom. The number of methoxy groups -OCH3 is 1. The summed E-state index contributed by atoms with van der Waals surface area (Å²) in [5.74, 6) is 0.546. The maximum Gasteiger partial charge on any atom is 0.248 e. The van der Waals surface area contributed by atoms with Crippen molar-refractivity contribution in [2.45, 2.75) is 41.0 Å². The number of rotatable bonds is 6. The third-order valence-electron chi connectivity index (χ3n) is 6.35. The van der Waals surface area contributed by atoms with E-state index in [-0.39, 0.29) is 5.91 Å². The summed E-state index contributed by atoms with van der Waals surface area (Å²) in [7, 11) is 1.65. The number of amides is 1. The summed E-state index contributed by atoms with van der Waals surface area (Å²) in [6, 6.07) is 16.4. The van der Waals surface area contributed by atoms with Gasteiger partial charge >= 0.3 is 0 Å². The van der Waals surface area contributed by atoms with E-state index < -0.39 is 0 Å². The van der Waals surface area contributed by atoms with Crippen molar-refractivity contribution in [2.75, 3.05) is 12.4 Å². The summed E-state index contributed by atoms with van der Waals surface area (Å²) >= 11 is 0. The minimum atomic E-state index is -0.167. The Morgan fingerprint density at radius 3 is 2.53 bits per heavy atom. The first-order chi connectivity index (χ1) is 16.3. The molecule has 4 rings (SSSR count). The molecule has 0 aliphatic carbocycles. The van der Waals surface area contributed by atoms with Crippen LogP contribution in [-0.2, 0) is 11.2 Å². The van der Waals surface area contributed by atoms with Crippen LogP contribution in [0.15, 0.2) is 65.3 Å². The molecule has 4 heteroatoms. The van der Waals surface area contributed by atoms with Gasteiger partial charge in [-0.1, -0.05) is 48.9 Å². The molecule has 1 heterocycles. The molecule has 0 unspecified atom stereocenters. The molecule has 174 valence electrons. The van der Waals surface area contributed by atoms with Gasteiger partial charge in [0.2, 0.25) is 5.91 Å². The lowest BCUT2D eigenvalue weighted by molar-refractivity contribution is -0.111. The van der Waals surface area contributed by atoms with Crippen LogP contribution in [0.4, 0.5) is 5.69 Å². The van der Waals surface area contributed by atoms with Gasteiger partial charge in [-0.15, -0.1) is 0 Å². The number of nitrogens with one attached hydrogen (secondary N) is 1. The predicted octanol–water partition coefficient (Wildman–Crippen LogP) is 7.64. The van der Waals surface area contributed by atoms with Crippen molar-refractivity contribution in [3.8, 4) is 16.9 Å². The third-order valence-corrected chi connectivity index (χ3v) is 6.35. The number of aryl methyl sites for hydroxylation is 4. The Hall–Kier alpha value is -3.79. The molecule has 4 aromatic rings. The molecule has 0 radical (unpaired) electrons. The first-order valence-electron chi connectivity index (χ1n) is 11.6. The van der Waals surface area contributed by atoms with Gasteiger partial charge in [-0.05, 0) is 68.5 Å². The topological polar surface area (TPSA) is 51.5 Å². The molecular weight excluding hydrogens is 422 g/mol. The molecule has 4 nitrogen and oxygen atoms in total. The Labute approximate surface area is 201 Å². The number of fused-ring (bicyclic) bond motifs is 1. The standard InChI is InChI=1S/C30H31NO3/c1-7-22-10-8-9-11-27(22)31-28(32)15-20(4)24-16-25-26(23-13-12-18(2)14-19(23)3)17-34-30(25)21(5)29(24)33-6/h8-17H,7H2,1-6H3,(H,31,32)/b20-15+. The third kappa shape index (κ3) is 4.36. The summed E-state index contributed by atoms with van der Waals surface area (Å²) in [6.45, 7) is 10.2. The van der Waals surface area contributed by atoms with Gasteiger partial charge in [0.05, 0.1) is 13.4 Å². The molecular formula is C30H31NO3. The smallest absolute Gasteiger partial charge is 0.248 e. The molecule has 0 spiro atoms. The van der Waals surface area contributed by atoms with E-state index in [1.165, 1.54) is 11.1 Å². The van der Waals surface area contributed by atoms with E-state index in [0.29, 0.717) is 5.75 Å². The first kappa shape index (κ1) is 23.4. The van der Waals surface area contributed by atoms with Gasteiger partial charge in [-0.2, -0.15) is 0 Å². The average molecular weight is 454 g/mol. The number of carbonyl (C=O) groups is 1. The molecule has 34 heavy (non-hydrogen) atoms. The quantitative estimate of drug-likeness (QED) is 0.305. The number of carbonyl (C=O) groups excluding carboxylic acids is 1. The lowest BCUT2D eigenvalue weighted by Gasteiger charge is -2.14. The van der Waals surface area contributed by atoms with Crippen LogP contribution in [0.1, 0.15) is 41.7 Å². The fraction of sp³-hybridized carbons (Fsp3) is 0.233. The van der Waals surface area contributed by atoms with E-state index in [1.807, 2.05) is 44.4 Å². The molecule has 1 N–H and O–H groups in total. The SMILES string of the molecule is CCc1ccccc1NC(=O)/C=C(\C)c1cc2c(-c3ccc(C)cc3C)coc2c(C)c1OC. The van der Waals surface area contributed by atoms with E-state index in [2.05, 4.69) is 50.4 Å². The largest absolute Gasteiger partial charge is 0.496 e. The van der Waals surface area contributed by atoms with Crippen LogP contribution < -0.4 is 10.1 Å². The maximum absolute atomic E-state index is 12.9. The fourth-order valence-corrected chi connectivity index (χ4v) is 4.59. The second kappa shape index (κ2) is 9.60. The number of hydrogen-bond acceptors (Lipinski definition) is 3. The van der Waals surface area contributed by atoms with Crippen molar-refractivity contribution in [3.05, 3.63) is 88.7 Å². The summed E-state index contributed by atoms with van der Waals surface area (Å²) in [6.07, 6.45) is 4.29. The predicted molar refractivity (Wildman–Crippen MR) is 141 cm³/mol. The van der Waals surface area contributed by atoms with Gasteiger partial charge < -0.3 is 14.5 Å². The van der Waals surface area contributed by atoms with Gasteiger partial charge in [0.1, 0.15) is 11.3 Å². The molecule has 0 saturated carbocycles. The monoisotopic (exact) mass is 453 g/mol. The maximum atomic E-state index is 12.9. The Balaban J connectivity index is 1.78. The van der Waals surface area contributed by atoms with Crippen molar-refractivity contribution < 1.29 is 13.9 Å². The van der Waals surface area contributed by atoms with Gasteiger partial charge in [-0.3, -0.25) is 4.79 Å². The summed E-state index contributed by atoms with van der Waals surface area (Å²) in [5, 5.41) is 4.03. The zero-order valence-corrected chi connectivity index (χ0v) is 20.7. The number of ether oxygens (including phenoxy) is 1. The Kier molecular flexibility index (Phi) is 6.60. The normalized spacial score (nSPS) is 11.6. The Bertz CT molecular complexity index is 1410. The van der Waals surface area contributed by atoms with Crippen molar-refractivity contribution in [1.82, 2.24) is 0 Å². The van der Waals surface area contributed by atoms with E-state index in [0.717, 1.165) is 56.5 Å². The van der Waals surface area contributed by atoms with Gasteiger partial charge in [-0.25, -0.2) is 0 Å². The number of anilines is 1. The first-order valence-corrected chi connectivity index (χ1v) is 11.6. The molecule has 1 aromatic heterocycles. The highest BCUT2D eigenvalue weighted by molar-refractivity contribution is 6.06. The molecule has 0 fully saturated rings. The second-order valence-corrected chi connectivity index (χ2v) is 8.75. The molecule has 0 saturated heterocycles. The van der Waals surface area contributed by atoms with Crippen molar-refractivity contribution >= 4 is 28.1 Å². The zero-order valence-electron chi connectivity index (χ0n) is 20.7. The summed E-state index contributed by atoms with van der Waals surface area (Å²) < 4.78 is 11.8. The van der Waals surface area contributed by atoms with Crippen LogP contribution in [0.25, 0.3) is 27.7 Å². The van der Waals surface area contributed by atoms with Crippen LogP contribution in [0.3, 0.4) is 0 Å². The fourth-order valence-electron chi connectivity index (χ4n) is 4.59. The van der Waals surface area contributed by atoms with Crippen LogP contribution in [-0.4, -0.2) is 13.0 Å². The average Bonchev–Trinajstić information content (AvgIpc) is 3.23. The minimum Gasteiger partial charge on any atom is -0.496 e. The van der Waals surface area contributed by atoms with Gasteiger partial charge in [0.25, 0.3) is 0 Å². The second-order valence-electron chi connectivity index (χ2n) is 8.75. The highest BCUT2D eigenvalue weighted by atomic mass is 16.5. The molecule has 0 aliphatic heterocycles. The molecule has 0 aliphatic rings. The van der Waals surface area contributed by atoms with Gasteiger partial charge in [0, 0.05) is 33.8 Å². The van der Waals surface area contributed by atoms with E-state index in [9.17, 15) is 4.79 Å². The van der Waals surface area contributed by atoms with E-state index in [1.54, 1.807) is 13.2 Å². The number of hydrogen-bond donors (Lipinski definition) is 1. The highest BCUT2D eigenvalue weighted by Gasteiger charge is 2.19. The summed E-state index contributed by atoms with van der Waals surface area (Å²) in [5.41, 5.74) is 9.93. The van der Waals surface area contributed by atoms with E-state index in [4.69, 9.17) is 9.15 Å². The highest BCUT2D eigenvalue weighted by Crippen LogP contribution is 2.41. The van der Waals surface area contributed by atoms with Crippen LogP contribution in [0.2, 0.25) is 0 Å². The number of allylic oxidation sites excluding steroid dienone is 1. The number of para-hydroxylation sites is 1. The molecule has 3 aromatic carbocycles. The van der Waals surface area contributed by atoms with E-state index >= 15 is 0 Å². The minimum absolute atomic E-state index is 0.167. The van der Waals surface area contributed by atoms with Crippen molar-refractivity contribution in [1.29, 1.82) is 0 Å².